The van der Waals surface area contributed by atoms with Crippen molar-refractivity contribution in [2.24, 2.45) is 0 Å². The Bertz CT molecular complexity index is 694. The van der Waals surface area contributed by atoms with E-state index >= 15 is 0 Å². The highest BCUT2D eigenvalue weighted by Gasteiger charge is 2.22. The van der Waals surface area contributed by atoms with E-state index < -0.39 is 0 Å². The van der Waals surface area contributed by atoms with E-state index in [-0.39, 0.29) is 0 Å². The Balaban J connectivity index is 1.91. The van der Waals surface area contributed by atoms with Gasteiger partial charge in [-0.2, -0.15) is 0 Å². The largest absolute Gasteiger partial charge is 0.497 e. The highest BCUT2D eigenvalue weighted by Crippen LogP contribution is 2.30. The monoisotopic (exact) mass is 308 g/mol. The molecule has 0 saturated heterocycles. The van der Waals surface area contributed by atoms with Gasteiger partial charge in [-0.15, -0.1) is 0 Å². The second kappa shape index (κ2) is 6.88. The Morgan fingerprint density at radius 3 is 2.74 bits per heavy atom. The summed E-state index contributed by atoms with van der Waals surface area (Å²) in [6.45, 7) is 1.89. The van der Waals surface area contributed by atoms with Crippen LogP contribution in [0.5, 0.6) is 5.75 Å². The third-order valence-electron chi connectivity index (χ3n) is 4.27. The molecule has 1 aliphatic heterocycles. The van der Waals surface area contributed by atoms with E-state index in [2.05, 4.69) is 78.6 Å². The van der Waals surface area contributed by atoms with Gasteiger partial charge in [-0.1, -0.05) is 36.4 Å². The van der Waals surface area contributed by atoms with Gasteiger partial charge in [-0.25, -0.2) is 0 Å². The second-order valence-electron chi connectivity index (χ2n) is 6.24. The van der Waals surface area contributed by atoms with Crippen LogP contribution in [-0.2, 0) is 6.54 Å². The fraction of sp³-hybridized carbons (Fsp3) is 0.300. The summed E-state index contributed by atoms with van der Waals surface area (Å²) in [4.78, 5) is 4.65. The number of hydrogen-bond donors (Lipinski definition) is 0. The Hall–Kier alpha value is -2.26. The Labute approximate surface area is 138 Å². The standard InChI is InChI=1S/C20H24N2O/c1-21(2)15-20(17-9-6-10-19(13-17)23-3)22-12-11-16-7-4-5-8-18(16)14-22/h4-13,20H,14-15H2,1-3H3. The molecule has 3 rings (SSSR count). The molecule has 0 fully saturated rings. The molecule has 0 bridgehead atoms. The van der Waals surface area contributed by atoms with Crippen molar-refractivity contribution in [3.8, 4) is 5.75 Å². The Kier molecular flexibility index (Phi) is 4.68. The molecular weight excluding hydrogens is 284 g/mol. The first-order chi connectivity index (χ1) is 11.2. The van der Waals surface area contributed by atoms with Crippen molar-refractivity contribution in [1.29, 1.82) is 0 Å². The maximum Gasteiger partial charge on any atom is 0.119 e. The lowest BCUT2D eigenvalue weighted by Crippen LogP contribution is -2.33. The van der Waals surface area contributed by atoms with Gasteiger partial charge in [0.2, 0.25) is 0 Å². The van der Waals surface area contributed by atoms with Gasteiger partial charge >= 0.3 is 0 Å². The van der Waals surface area contributed by atoms with Gasteiger partial charge in [0.1, 0.15) is 5.75 Å². The fourth-order valence-electron chi connectivity index (χ4n) is 3.08. The van der Waals surface area contributed by atoms with Crippen molar-refractivity contribution in [3.63, 3.8) is 0 Å². The van der Waals surface area contributed by atoms with Gasteiger partial charge in [-0.05, 0) is 49.0 Å². The van der Waals surface area contributed by atoms with Crippen LogP contribution in [0.15, 0.2) is 54.7 Å². The Morgan fingerprint density at radius 1 is 1.13 bits per heavy atom. The van der Waals surface area contributed by atoms with Crippen LogP contribution >= 0.6 is 0 Å². The number of benzene rings is 2. The molecule has 1 aliphatic rings. The zero-order valence-electron chi connectivity index (χ0n) is 14.1. The smallest absolute Gasteiger partial charge is 0.119 e. The summed E-state index contributed by atoms with van der Waals surface area (Å²) in [5.41, 5.74) is 3.97. The summed E-state index contributed by atoms with van der Waals surface area (Å²) in [6.07, 6.45) is 4.43. The molecule has 1 heterocycles. The number of rotatable bonds is 5. The highest BCUT2D eigenvalue weighted by atomic mass is 16.5. The Morgan fingerprint density at radius 2 is 1.96 bits per heavy atom. The minimum atomic E-state index is 0.296. The lowest BCUT2D eigenvalue weighted by Gasteiger charge is -2.35. The number of ether oxygens (including phenoxy) is 1. The zero-order chi connectivity index (χ0) is 16.2. The van der Waals surface area contributed by atoms with E-state index in [0.29, 0.717) is 6.04 Å². The average Bonchev–Trinajstić information content (AvgIpc) is 2.59. The predicted molar refractivity (Wildman–Crippen MR) is 95.3 cm³/mol. The summed E-state index contributed by atoms with van der Waals surface area (Å²) in [7, 11) is 5.96. The van der Waals surface area contributed by atoms with Crippen LogP contribution in [0.3, 0.4) is 0 Å². The van der Waals surface area contributed by atoms with Crippen molar-refractivity contribution >= 4 is 6.08 Å². The molecule has 0 radical (unpaired) electrons. The molecule has 0 saturated carbocycles. The van der Waals surface area contributed by atoms with E-state index in [0.717, 1.165) is 18.8 Å². The molecule has 0 aliphatic carbocycles. The molecule has 23 heavy (non-hydrogen) atoms. The van der Waals surface area contributed by atoms with Crippen LogP contribution in [-0.4, -0.2) is 37.5 Å². The van der Waals surface area contributed by atoms with Crippen LogP contribution in [0.2, 0.25) is 0 Å². The number of likely N-dealkylation sites (N-methyl/N-ethyl adjacent to an activating group) is 1. The molecule has 120 valence electrons. The van der Waals surface area contributed by atoms with Crippen molar-refractivity contribution in [2.45, 2.75) is 12.6 Å². The van der Waals surface area contributed by atoms with Crippen LogP contribution < -0.4 is 4.74 Å². The first kappa shape index (κ1) is 15.6. The van der Waals surface area contributed by atoms with Crippen LogP contribution in [0.25, 0.3) is 6.08 Å². The SMILES string of the molecule is COc1cccc(C(CN(C)C)N2C=Cc3ccccc3C2)c1. The maximum absolute atomic E-state index is 5.40. The summed E-state index contributed by atoms with van der Waals surface area (Å²) in [5.74, 6) is 0.910. The van der Waals surface area contributed by atoms with E-state index in [9.17, 15) is 0 Å². The van der Waals surface area contributed by atoms with Gasteiger partial charge in [0.25, 0.3) is 0 Å². The van der Waals surface area contributed by atoms with Gasteiger partial charge < -0.3 is 14.5 Å². The summed E-state index contributed by atoms with van der Waals surface area (Å²) >= 11 is 0. The van der Waals surface area contributed by atoms with E-state index in [1.165, 1.54) is 16.7 Å². The zero-order valence-corrected chi connectivity index (χ0v) is 14.1. The summed E-state index contributed by atoms with van der Waals surface area (Å²) < 4.78 is 5.40. The molecule has 3 nitrogen and oxygen atoms in total. The molecule has 2 aromatic rings. The van der Waals surface area contributed by atoms with E-state index in [4.69, 9.17) is 4.74 Å². The molecule has 0 aromatic heterocycles. The highest BCUT2D eigenvalue weighted by molar-refractivity contribution is 5.55. The predicted octanol–water partition coefficient (Wildman–Crippen LogP) is 3.78. The van der Waals surface area contributed by atoms with Crippen LogP contribution in [0.4, 0.5) is 0 Å². The van der Waals surface area contributed by atoms with Crippen LogP contribution in [0.1, 0.15) is 22.7 Å². The molecule has 1 unspecified atom stereocenters. The summed E-state index contributed by atoms with van der Waals surface area (Å²) in [6, 6.07) is 17.3. The maximum atomic E-state index is 5.40. The van der Waals surface area contributed by atoms with Crippen molar-refractivity contribution < 1.29 is 4.74 Å². The number of nitrogens with zero attached hydrogens (tertiary/aromatic N) is 2. The normalized spacial score (nSPS) is 14.7. The average molecular weight is 308 g/mol. The number of methoxy groups -OCH3 is 1. The van der Waals surface area contributed by atoms with Gasteiger partial charge in [0.05, 0.1) is 13.2 Å². The van der Waals surface area contributed by atoms with E-state index in [1.54, 1.807) is 7.11 Å². The first-order valence-electron chi connectivity index (χ1n) is 7.98. The molecular formula is C20H24N2O. The van der Waals surface area contributed by atoms with E-state index in [1.807, 2.05) is 6.07 Å². The topological polar surface area (TPSA) is 15.7 Å². The third kappa shape index (κ3) is 3.57. The van der Waals surface area contributed by atoms with Gasteiger partial charge in [0.15, 0.2) is 0 Å². The van der Waals surface area contributed by atoms with Gasteiger partial charge in [0, 0.05) is 19.3 Å². The number of hydrogen-bond acceptors (Lipinski definition) is 3. The van der Waals surface area contributed by atoms with Crippen LogP contribution in [0, 0.1) is 0 Å². The minimum absolute atomic E-state index is 0.296. The van der Waals surface area contributed by atoms with Gasteiger partial charge in [-0.3, -0.25) is 0 Å². The molecule has 3 heteroatoms. The molecule has 0 amide bonds. The van der Waals surface area contributed by atoms with Crippen molar-refractivity contribution in [1.82, 2.24) is 9.80 Å². The fourth-order valence-corrected chi connectivity index (χ4v) is 3.08. The summed E-state index contributed by atoms with van der Waals surface area (Å²) in [5, 5.41) is 0. The van der Waals surface area contributed by atoms with Crippen molar-refractivity contribution in [3.05, 3.63) is 71.4 Å². The first-order valence-corrected chi connectivity index (χ1v) is 7.98. The quantitative estimate of drug-likeness (QED) is 0.836. The number of fused-ring (bicyclic) bond motifs is 1. The lowest BCUT2D eigenvalue weighted by atomic mass is 9.99. The molecule has 1 atom stereocenters. The minimum Gasteiger partial charge on any atom is -0.497 e. The second-order valence-corrected chi connectivity index (χ2v) is 6.24. The lowest BCUT2D eigenvalue weighted by molar-refractivity contribution is 0.213. The van der Waals surface area contributed by atoms with Crippen molar-refractivity contribution in [2.75, 3.05) is 27.7 Å². The molecule has 2 aromatic carbocycles. The third-order valence-corrected chi connectivity index (χ3v) is 4.27. The molecule has 0 N–H and O–H groups in total. The molecule has 0 spiro atoms.